The first-order chi connectivity index (χ1) is 14.5. The van der Waals surface area contributed by atoms with E-state index in [2.05, 4.69) is 23.8 Å². The van der Waals surface area contributed by atoms with Gasteiger partial charge >= 0.3 is 5.69 Å². The molecule has 1 heterocycles. The Morgan fingerprint density at radius 1 is 1.23 bits per heavy atom. The molecule has 7 nitrogen and oxygen atoms in total. The number of nitrogens with zero attached hydrogens (tertiary/aromatic N) is 2. The fourth-order valence-electron chi connectivity index (χ4n) is 3.25. The zero-order chi connectivity index (χ0) is 21.9. The molecule has 0 aliphatic rings. The summed E-state index contributed by atoms with van der Waals surface area (Å²) in [6.45, 7) is 8.04. The van der Waals surface area contributed by atoms with Crippen molar-refractivity contribution in [2.75, 3.05) is 19.8 Å². The first-order valence-electron chi connectivity index (χ1n) is 10.7. The first kappa shape index (κ1) is 23.6. The number of hydrogen-bond acceptors (Lipinski definition) is 5. The van der Waals surface area contributed by atoms with E-state index in [0.717, 1.165) is 29.6 Å². The maximum Gasteiger partial charge on any atom is 0.335 e. The molecule has 2 N–H and O–H groups in total. The number of hydrogen-bond donors (Lipinski definition) is 2. The number of nitrogens with one attached hydrogen (secondary N) is 1. The fraction of sp³-hybridized carbons (Fsp3) is 0.522. The van der Waals surface area contributed by atoms with Crippen LogP contribution >= 0.6 is 0 Å². The molecule has 2 aromatic rings. The van der Waals surface area contributed by atoms with Crippen LogP contribution in [0.1, 0.15) is 57.1 Å². The number of aryl methyl sites for hydroxylation is 1. The summed E-state index contributed by atoms with van der Waals surface area (Å²) >= 11 is 0. The molecule has 0 fully saturated rings. The lowest BCUT2D eigenvalue weighted by Gasteiger charge is -2.14. The maximum absolute atomic E-state index is 12.2. The van der Waals surface area contributed by atoms with Crippen molar-refractivity contribution in [3.05, 3.63) is 56.2 Å². The number of H-pyrrole nitrogens is 1. The molecule has 0 radical (unpaired) electrons. The number of rotatable bonds is 12. The van der Waals surface area contributed by atoms with Gasteiger partial charge < -0.3 is 9.84 Å². The number of aromatic hydroxyl groups is 1. The molecule has 0 aliphatic carbocycles. The highest BCUT2D eigenvalue weighted by atomic mass is 16.5. The minimum absolute atomic E-state index is 0.0376. The Labute approximate surface area is 177 Å². The Morgan fingerprint density at radius 2 is 2.00 bits per heavy atom. The standard InChI is InChI=1S/C23H33N3O4/c1-4-6-11-18(5-2)16-30-14-9-13-24-15-19-21(27)25-23(29)26(22(19)28)20-12-8-7-10-17(20)3/h7-8,10,12,15,18,28H,4-6,9,11,13-14,16H2,1-3H3,(H,25,27,29)/t18-/m1/s1. The monoisotopic (exact) mass is 415 g/mol. The van der Waals surface area contributed by atoms with Gasteiger partial charge in [-0.25, -0.2) is 9.36 Å². The molecule has 0 aliphatic heterocycles. The zero-order valence-electron chi connectivity index (χ0n) is 18.2. The van der Waals surface area contributed by atoms with Crippen LogP contribution in [0.25, 0.3) is 5.69 Å². The second-order valence-electron chi connectivity index (χ2n) is 7.50. The van der Waals surface area contributed by atoms with Gasteiger partial charge in [0.2, 0.25) is 5.88 Å². The highest BCUT2D eigenvalue weighted by molar-refractivity contribution is 5.82. The molecular weight excluding hydrogens is 382 g/mol. The van der Waals surface area contributed by atoms with E-state index in [1.165, 1.54) is 25.5 Å². The molecule has 1 aromatic carbocycles. The van der Waals surface area contributed by atoms with E-state index >= 15 is 0 Å². The van der Waals surface area contributed by atoms with E-state index in [1.54, 1.807) is 12.1 Å². The molecule has 0 unspecified atom stereocenters. The van der Waals surface area contributed by atoms with Gasteiger partial charge in [-0.3, -0.25) is 14.8 Å². The Bertz CT molecular complexity index is 946. The predicted molar refractivity (Wildman–Crippen MR) is 120 cm³/mol. The van der Waals surface area contributed by atoms with Crippen molar-refractivity contribution in [3.8, 4) is 11.6 Å². The van der Waals surface area contributed by atoms with Crippen molar-refractivity contribution in [1.82, 2.24) is 9.55 Å². The molecule has 2 rings (SSSR count). The van der Waals surface area contributed by atoms with Crippen molar-refractivity contribution in [1.29, 1.82) is 0 Å². The van der Waals surface area contributed by atoms with Gasteiger partial charge in [0.1, 0.15) is 5.56 Å². The number of aliphatic imine (C=N–C) groups is 1. The molecule has 7 heteroatoms. The van der Waals surface area contributed by atoms with Gasteiger partial charge in [-0.1, -0.05) is 51.3 Å². The van der Waals surface area contributed by atoms with Crippen LogP contribution in [0.2, 0.25) is 0 Å². The Hall–Kier alpha value is -2.67. The number of unbranched alkanes of at least 4 members (excludes halogenated alkanes) is 1. The van der Waals surface area contributed by atoms with Crippen LogP contribution in [0.15, 0.2) is 38.8 Å². The number of ether oxygens (including phenoxy) is 1. The van der Waals surface area contributed by atoms with Gasteiger partial charge in [0.25, 0.3) is 5.56 Å². The lowest BCUT2D eigenvalue weighted by molar-refractivity contribution is 0.0933. The smallest absolute Gasteiger partial charge is 0.335 e. The average molecular weight is 416 g/mol. The van der Waals surface area contributed by atoms with Crippen molar-refractivity contribution in [2.24, 2.45) is 10.9 Å². The second kappa shape index (κ2) is 12.1. The van der Waals surface area contributed by atoms with Crippen molar-refractivity contribution < 1.29 is 9.84 Å². The van der Waals surface area contributed by atoms with Gasteiger partial charge in [0.15, 0.2) is 0 Å². The minimum Gasteiger partial charge on any atom is -0.493 e. The summed E-state index contributed by atoms with van der Waals surface area (Å²) in [6, 6.07) is 7.13. The topological polar surface area (TPSA) is 96.7 Å². The quantitative estimate of drug-likeness (QED) is 0.409. The second-order valence-corrected chi connectivity index (χ2v) is 7.50. The van der Waals surface area contributed by atoms with Crippen LogP contribution in [0, 0.1) is 12.8 Å². The van der Waals surface area contributed by atoms with E-state index < -0.39 is 17.1 Å². The molecule has 0 saturated heterocycles. The lowest BCUT2D eigenvalue weighted by atomic mass is 10.0. The number of aromatic amines is 1. The van der Waals surface area contributed by atoms with E-state index in [4.69, 9.17) is 4.74 Å². The fourth-order valence-corrected chi connectivity index (χ4v) is 3.25. The third kappa shape index (κ3) is 6.42. The third-order valence-electron chi connectivity index (χ3n) is 5.17. The predicted octanol–water partition coefficient (Wildman–Crippen LogP) is 3.58. The maximum atomic E-state index is 12.2. The van der Waals surface area contributed by atoms with Crippen LogP contribution in [-0.4, -0.2) is 40.6 Å². The van der Waals surface area contributed by atoms with Gasteiger partial charge in [-0.2, -0.15) is 0 Å². The van der Waals surface area contributed by atoms with Crippen LogP contribution in [0.5, 0.6) is 5.88 Å². The van der Waals surface area contributed by atoms with E-state index in [-0.39, 0.29) is 5.56 Å². The summed E-state index contributed by atoms with van der Waals surface area (Å²) in [5, 5.41) is 10.6. The molecule has 30 heavy (non-hydrogen) atoms. The average Bonchev–Trinajstić information content (AvgIpc) is 2.72. The Morgan fingerprint density at radius 3 is 2.70 bits per heavy atom. The Kier molecular flexibility index (Phi) is 9.54. The van der Waals surface area contributed by atoms with Crippen molar-refractivity contribution in [3.63, 3.8) is 0 Å². The molecule has 0 bridgehead atoms. The zero-order valence-corrected chi connectivity index (χ0v) is 18.2. The van der Waals surface area contributed by atoms with E-state index in [9.17, 15) is 14.7 Å². The molecule has 0 amide bonds. The SMILES string of the molecule is CCCC[C@@H](CC)COCCCN=Cc1c(O)n(-c2ccccc2C)c(=O)[nH]c1=O. The Balaban J connectivity index is 1.98. The number of aromatic nitrogens is 2. The lowest BCUT2D eigenvalue weighted by Crippen LogP contribution is -2.31. The molecule has 1 aromatic heterocycles. The van der Waals surface area contributed by atoms with Gasteiger partial charge in [0.05, 0.1) is 5.69 Å². The molecule has 1 atom stereocenters. The van der Waals surface area contributed by atoms with Crippen molar-refractivity contribution in [2.45, 2.75) is 52.9 Å². The number of para-hydroxylation sites is 1. The van der Waals surface area contributed by atoms with E-state index in [0.29, 0.717) is 24.8 Å². The summed E-state index contributed by atoms with van der Waals surface area (Å²) in [5.74, 6) is 0.186. The highest BCUT2D eigenvalue weighted by Gasteiger charge is 2.15. The molecule has 164 valence electrons. The first-order valence-corrected chi connectivity index (χ1v) is 10.7. The van der Waals surface area contributed by atoms with Crippen LogP contribution in [0.4, 0.5) is 0 Å². The van der Waals surface area contributed by atoms with Crippen molar-refractivity contribution >= 4 is 6.21 Å². The summed E-state index contributed by atoms with van der Waals surface area (Å²) in [7, 11) is 0. The third-order valence-corrected chi connectivity index (χ3v) is 5.17. The molecular formula is C23H33N3O4. The highest BCUT2D eigenvalue weighted by Crippen LogP contribution is 2.18. The normalized spacial score (nSPS) is 12.5. The number of benzene rings is 1. The van der Waals surface area contributed by atoms with Gasteiger partial charge in [-0.15, -0.1) is 0 Å². The molecule has 0 spiro atoms. The van der Waals surface area contributed by atoms with E-state index in [1.807, 2.05) is 19.1 Å². The summed E-state index contributed by atoms with van der Waals surface area (Å²) < 4.78 is 6.84. The summed E-state index contributed by atoms with van der Waals surface area (Å²) in [6.07, 6.45) is 6.79. The largest absolute Gasteiger partial charge is 0.493 e. The minimum atomic E-state index is -0.689. The van der Waals surface area contributed by atoms with Gasteiger partial charge in [-0.05, 0) is 37.3 Å². The van der Waals surface area contributed by atoms with Crippen LogP contribution < -0.4 is 11.2 Å². The van der Waals surface area contributed by atoms with Crippen LogP contribution in [-0.2, 0) is 4.74 Å². The summed E-state index contributed by atoms with van der Waals surface area (Å²) in [5.41, 5.74) is -0.0847. The molecule has 0 saturated carbocycles. The summed E-state index contributed by atoms with van der Waals surface area (Å²) in [4.78, 5) is 30.9. The van der Waals surface area contributed by atoms with Crippen LogP contribution in [0.3, 0.4) is 0 Å². The van der Waals surface area contributed by atoms with Gasteiger partial charge in [0, 0.05) is 26.0 Å².